The fourth-order valence-corrected chi connectivity index (χ4v) is 3.58. The Morgan fingerprint density at radius 1 is 1.09 bits per heavy atom. The van der Waals surface area contributed by atoms with Crippen LogP contribution in [0.1, 0.15) is 5.56 Å². The number of hydrogen-bond donors (Lipinski definition) is 2. The molecule has 0 saturated carbocycles. The van der Waals surface area contributed by atoms with E-state index in [1.54, 1.807) is 36.4 Å². The van der Waals surface area contributed by atoms with Crippen LogP contribution in [0.15, 0.2) is 70.7 Å². The van der Waals surface area contributed by atoms with Gasteiger partial charge in [0.15, 0.2) is 18.1 Å². The van der Waals surface area contributed by atoms with E-state index in [2.05, 4.69) is 26.6 Å². The van der Waals surface area contributed by atoms with Gasteiger partial charge in [-0.15, -0.1) is 0 Å². The third-order valence-corrected chi connectivity index (χ3v) is 5.35. The maximum Gasteiger partial charge on any atom is 0.266 e. The molecular formula is C25H18BrClFN3O4. The van der Waals surface area contributed by atoms with Crippen molar-refractivity contribution >= 4 is 56.8 Å². The van der Waals surface area contributed by atoms with Crippen molar-refractivity contribution < 1.29 is 23.5 Å². The predicted octanol–water partition coefficient (Wildman–Crippen LogP) is 5.81. The predicted molar refractivity (Wildman–Crippen MR) is 135 cm³/mol. The Kier molecular flexibility index (Phi) is 8.84. The molecular weight excluding hydrogens is 541 g/mol. The first kappa shape index (κ1) is 25.7. The highest BCUT2D eigenvalue weighted by molar-refractivity contribution is 9.10. The lowest BCUT2D eigenvalue weighted by atomic mass is 10.1. The molecule has 3 aromatic rings. The van der Waals surface area contributed by atoms with Crippen LogP contribution in [0, 0.1) is 17.1 Å². The van der Waals surface area contributed by atoms with Gasteiger partial charge in [-0.3, -0.25) is 9.59 Å². The molecule has 0 aliphatic rings. The third-order valence-electron chi connectivity index (χ3n) is 4.51. The number of nitrogens with zero attached hydrogens (tertiary/aromatic N) is 1. The number of anilines is 2. The summed E-state index contributed by atoms with van der Waals surface area (Å²) >= 11 is 9.21. The first-order valence-corrected chi connectivity index (χ1v) is 11.2. The molecule has 0 atom stereocenters. The zero-order valence-electron chi connectivity index (χ0n) is 18.3. The molecule has 0 aliphatic carbocycles. The van der Waals surface area contributed by atoms with Gasteiger partial charge in [0.2, 0.25) is 0 Å². The molecule has 10 heteroatoms. The number of halogens is 3. The Morgan fingerprint density at radius 2 is 1.71 bits per heavy atom. The molecule has 0 aliphatic heterocycles. The van der Waals surface area contributed by atoms with Crippen LogP contribution in [-0.2, 0) is 9.59 Å². The largest absolute Gasteiger partial charge is 0.493 e. The van der Waals surface area contributed by atoms with Crippen molar-refractivity contribution in [2.45, 2.75) is 0 Å². The highest BCUT2D eigenvalue weighted by Crippen LogP contribution is 2.37. The number of nitriles is 1. The average molecular weight is 559 g/mol. The molecule has 0 heterocycles. The summed E-state index contributed by atoms with van der Waals surface area (Å²) in [5.74, 6) is -0.949. The van der Waals surface area contributed by atoms with E-state index >= 15 is 0 Å². The van der Waals surface area contributed by atoms with Gasteiger partial charge in [0, 0.05) is 16.4 Å². The van der Waals surface area contributed by atoms with E-state index in [0.29, 0.717) is 26.4 Å². The summed E-state index contributed by atoms with van der Waals surface area (Å²) in [6.07, 6.45) is 1.36. The van der Waals surface area contributed by atoms with E-state index in [1.807, 2.05) is 6.07 Å². The highest BCUT2D eigenvalue weighted by Gasteiger charge is 2.15. The van der Waals surface area contributed by atoms with Crippen molar-refractivity contribution in [3.05, 3.63) is 87.1 Å². The second kappa shape index (κ2) is 12.0. The molecule has 0 spiro atoms. The molecule has 0 aromatic heterocycles. The second-order valence-electron chi connectivity index (χ2n) is 7.01. The van der Waals surface area contributed by atoms with Crippen molar-refractivity contribution in [1.29, 1.82) is 5.26 Å². The number of carbonyl (C=O) groups is 2. The van der Waals surface area contributed by atoms with Crippen LogP contribution in [0.25, 0.3) is 6.08 Å². The zero-order chi connectivity index (χ0) is 25.4. The van der Waals surface area contributed by atoms with Crippen LogP contribution in [0.4, 0.5) is 15.8 Å². The van der Waals surface area contributed by atoms with Gasteiger partial charge in [-0.1, -0.05) is 11.6 Å². The normalized spacial score (nSPS) is 10.8. The lowest BCUT2D eigenvalue weighted by Crippen LogP contribution is -2.20. The summed E-state index contributed by atoms with van der Waals surface area (Å²) in [7, 11) is 1.42. The number of hydrogen-bond acceptors (Lipinski definition) is 5. The van der Waals surface area contributed by atoms with Crippen LogP contribution in [0.3, 0.4) is 0 Å². The number of nitrogens with one attached hydrogen (secondary N) is 2. The molecule has 2 amide bonds. The highest BCUT2D eigenvalue weighted by atomic mass is 79.9. The fraction of sp³-hybridized carbons (Fsp3) is 0.0800. The molecule has 3 rings (SSSR count). The molecule has 3 aromatic carbocycles. The maximum atomic E-state index is 13.1. The SMILES string of the molecule is COc1cc(/C=C(\C#N)C(=O)Nc2ccc(F)cc2)cc(Br)c1OCC(=O)Nc1ccc(Cl)cc1. The molecule has 7 nitrogen and oxygen atoms in total. The second-order valence-corrected chi connectivity index (χ2v) is 8.30. The van der Waals surface area contributed by atoms with Crippen LogP contribution in [0.5, 0.6) is 11.5 Å². The summed E-state index contributed by atoms with van der Waals surface area (Å²) < 4.78 is 24.5. The minimum Gasteiger partial charge on any atom is -0.493 e. The van der Waals surface area contributed by atoms with Crippen LogP contribution in [0.2, 0.25) is 5.02 Å². The lowest BCUT2D eigenvalue weighted by molar-refractivity contribution is -0.118. The van der Waals surface area contributed by atoms with Gasteiger partial charge < -0.3 is 20.1 Å². The van der Waals surface area contributed by atoms with E-state index in [-0.39, 0.29) is 23.7 Å². The molecule has 2 N–H and O–H groups in total. The standard InChI is InChI=1S/C25H18BrClFN3O4/c1-34-22-12-15(10-16(13-29)25(33)31-20-8-4-18(28)5-9-20)11-21(26)24(22)35-14-23(32)30-19-6-2-17(27)3-7-19/h2-12H,14H2,1H3,(H,30,32)(H,31,33)/b16-10+. The van der Waals surface area contributed by atoms with Crippen molar-refractivity contribution in [2.75, 3.05) is 24.4 Å². The summed E-state index contributed by atoms with van der Waals surface area (Å²) in [6, 6.07) is 16.8. The van der Waals surface area contributed by atoms with Crippen molar-refractivity contribution in [2.24, 2.45) is 0 Å². The van der Waals surface area contributed by atoms with Crippen molar-refractivity contribution in [1.82, 2.24) is 0 Å². The number of amides is 2. The first-order chi connectivity index (χ1) is 16.8. The molecule has 0 fully saturated rings. The number of carbonyl (C=O) groups excluding carboxylic acids is 2. The number of benzene rings is 3. The number of methoxy groups -OCH3 is 1. The van der Waals surface area contributed by atoms with E-state index in [9.17, 15) is 19.2 Å². The van der Waals surface area contributed by atoms with Gasteiger partial charge in [0.05, 0.1) is 11.6 Å². The van der Waals surface area contributed by atoms with Gasteiger partial charge in [0.1, 0.15) is 17.5 Å². The van der Waals surface area contributed by atoms with E-state index in [4.69, 9.17) is 21.1 Å². The fourth-order valence-electron chi connectivity index (χ4n) is 2.88. The topological polar surface area (TPSA) is 100 Å². The van der Waals surface area contributed by atoms with Crippen LogP contribution < -0.4 is 20.1 Å². The lowest BCUT2D eigenvalue weighted by Gasteiger charge is -2.14. The summed E-state index contributed by atoms with van der Waals surface area (Å²) in [5, 5.41) is 15.2. The Bertz CT molecular complexity index is 1310. The summed E-state index contributed by atoms with van der Waals surface area (Å²) in [6.45, 7) is -0.295. The monoisotopic (exact) mass is 557 g/mol. The maximum absolute atomic E-state index is 13.1. The van der Waals surface area contributed by atoms with Gasteiger partial charge in [-0.25, -0.2) is 4.39 Å². The molecule has 0 radical (unpaired) electrons. The Labute approximate surface area is 214 Å². The molecule has 0 saturated heterocycles. The Balaban J connectivity index is 1.72. The van der Waals surface area contributed by atoms with Crippen molar-refractivity contribution in [3.63, 3.8) is 0 Å². The van der Waals surface area contributed by atoms with E-state index in [1.165, 1.54) is 37.5 Å². The smallest absolute Gasteiger partial charge is 0.266 e. The quantitative estimate of drug-likeness (QED) is 0.268. The first-order valence-electron chi connectivity index (χ1n) is 10.0. The number of ether oxygens (including phenoxy) is 2. The molecule has 0 bridgehead atoms. The molecule has 0 unspecified atom stereocenters. The average Bonchev–Trinajstić information content (AvgIpc) is 2.84. The van der Waals surface area contributed by atoms with Gasteiger partial charge in [0.25, 0.3) is 11.8 Å². The Hall–Kier alpha value is -3.87. The minimum absolute atomic E-state index is 0.181. The third kappa shape index (κ3) is 7.30. The van der Waals surface area contributed by atoms with Gasteiger partial charge in [-0.2, -0.15) is 5.26 Å². The summed E-state index contributed by atoms with van der Waals surface area (Å²) in [4.78, 5) is 24.7. The van der Waals surface area contributed by atoms with Gasteiger partial charge in [-0.05, 0) is 88.2 Å². The summed E-state index contributed by atoms with van der Waals surface area (Å²) in [5.41, 5.74) is 1.20. The minimum atomic E-state index is -0.659. The zero-order valence-corrected chi connectivity index (χ0v) is 20.6. The van der Waals surface area contributed by atoms with E-state index < -0.39 is 17.6 Å². The van der Waals surface area contributed by atoms with Crippen LogP contribution in [-0.4, -0.2) is 25.5 Å². The van der Waals surface area contributed by atoms with Crippen molar-refractivity contribution in [3.8, 4) is 17.6 Å². The molecule has 35 heavy (non-hydrogen) atoms. The van der Waals surface area contributed by atoms with Gasteiger partial charge >= 0.3 is 0 Å². The Morgan fingerprint density at radius 3 is 2.34 bits per heavy atom. The van der Waals surface area contributed by atoms with Crippen LogP contribution >= 0.6 is 27.5 Å². The van der Waals surface area contributed by atoms with E-state index in [0.717, 1.165) is 0 Å². The number of rotatable bonds is 8. The molecule has 178 valence electrons.